The molecule has 0 radical (unpaired) electrons. The Balaban J connectivity index is 1.56. The summed E-state index contributed by atoms with van der Waals surface area (Å²) in [6, 6.07) is 7.63. The molecule has 0 saturated heterocycles. The Morgan fingerprint density at radius 2 is 2.15 bits per heavy atom. The number of hydrogen-bond donors (Lipinski definition) is 1. The molecule has 136 valence electrons. The van der Waals surface area contributed by atoms with Gasteiger partial charge in [-0.3, -0.25) is 0 Å². The van der Waals surface area contributed by atoms with E-state index >= 15 is 0 Å². The number of rotatable bonds is 9. The lowest BCUT2D eigenvalue weighted by molar-refractivity contribution is -0.301. The molecule has 2 aromatic heterocycles. The topological polar surface area (TPSA) is 113 Å². The smallest absolute Gasteiger partial charge is 0.276 e. The number of aromatic nitrogens is 3. The van der Waals surface area contributed by atoms with Crippen LogP contribution in [0.5, 0.6) is 5.75 Å². The van der Waals surface area contributed by atoms with Crippen LogP contribution in [0.2, 0.25) is 0 Å². The molecule has 0 amide bonds. The number of carboxylic acids is 1. The van der Waals surface area contributed by atoms with Gasteiger partial charge in [0.1, 0.15) is 5.75 Å². The minimum Gasteiger partial charge on any atom is -0.549 e. The van der Waals surface area contributed by atoms with Gasteiger partial charge in [-0.2, -0.15) is 0 Å². The summed E-state index contributed by atoms with van der Waals surface area (Å²) in [4.78, 5) is 14.9. The number of benzene rings is 1. The van der Waals surface area contributed by atoms with Crippen LogP contribution < -0.4 is 15.2 Å². The molecule has 3 aromatic rings. The van der Waals surface area contributed by atoms with Crippen LogP contribution in [0.3, 0.4) is 0 Å². The van der Waals surface area contributed by atoms with E-state index in [1.807, 2.05) is 36.6 Å². The Morgan fingerprint density at radius 3 is 2.88 bits per heavy atom. The average Bonchev–Trinajstić information content (AvgIpc) is 3.25. The monoisotopic (exact) mass is 391 g/mol. The highest BCUT2D eigenvalue weighted by molar-refractivity contribution is 7.99. The number of aliphatic carboxylic acids is 1. The standard InChI is InChI=1S/C16H16N4O4S2/c1-2-23-12-5-3-10(4-6-12)17-15-18-11(8-25-15)7-13-19-20-16(24-13)26-9-14(21)22/h3-6,8H,2,7,9H2,1H3,(H,17,18)(H,21,22)/p-1. The second-order valence-corrected chi connectivity index (χ2v) is 6.81. The summed E-state index contributed by atoms with van der Waals surface area (Å²) in [6.07, 6.45) is 0.375. The minimum absolute atomic E-state index is 0.201. The lowest BCUT2D eigenvalue weighted by Gasteiger charge is -2.05. The molecule has 0 atom stereocenters. The maximum absolute atomic E-state index is 10.4. The Hall–Kier alpha value is -2.59. The number of nitrogens with zero attached hydrogens (tertiary/aromatic N) is 3. The van der Waals surface area contributed by atoms with Gasteiger partial charge in [-0.25, -0.2) is 4.98 Å². The third-order valence-electron chi connectivity index (χ3n) is 3.06. The Morgan fingerprint density at radius 1 is 1.35 bits per heavy atom. The molecule has 0 bridgehead atoms. The van der Waals surface area contributed by atoms with Crippen LogP contribution in [0.4, 0.5) is 10.8 Å². The molecule has 0 aliphatic rings. The molecule has 0 saturated carbocycles. The fraction of sp³-hybridized carbons (Fsp3) is 0.250. The molecular weight excluding hydrogens is 376 g/mol. The largest absolute Gasteiger partial charge is 0.549 e. The maximum atomic E-state index is 10.4. The van der Waals surface area contributed by atoms with E-state index in [9.17, 15) is 9.90 Å². The number of carbonyl (C=O) groups is 1. The van der Waals surface area contributed by atoms with E-state index in [0.29, 0.717) is 18.9 Å². The van der Waals surface area contributed by atoms with Crippen molar-refractivity contribution < 1.29 is 19.1 Å². The Kier molecular flexibility index (Phi) is 6.08. The van der Waals surface area contributed by atoms with Gasteiger partial charge in [0.15, 0.2) is 5.13 Å². The van der Waals surface area contributed by atoms with Crippen molar-refractivity contribution in [1.29, 1.82) is 0 Å². The first-order valence-electron chi connectivity index (χ1n) is 7.71. The first-order valence-corrected chi connectivity index (χ1v) is 9.58. The van der Waals surface area contributed by atoms with Gasteiger partial charge in [-0.05, 0) is 31.2 Å². The fourth-order valence-corrected chi connectivity index (χ4v) is 3.24. The summed E-state index contributed by atoms with van der Waals surface area (Å²) in [7, 11) is 0. The molecule has 26 heavy (non-hydrogen) atoms. The summed E-state index contributed by atoms with van der Waals surface area (Å²) >= 11 is 2.39. The number of anilines is 2. The summed E-state index contributed by atoms with van der Waals surface area (Å²) in [5.74, 6) is -0.209. The molecule has 0 unspecified atom stereocenters. The number of hydrogen-bond acceptors (Lipinski definition) is 10. The molecule has 1 aromatic carbocycles. The quantitative estimate of drug-likeness (QED) is 0.548. The number of thiazole rings is 1. The van der Waals surface area contributed by atoms with Crippen LogP contribution in [0, 0.1) is 0 Å². The van der Waals surface area contributed by atoms with Gasteiger partial charge >= 0.3 is 0 Å². The summed E-state index contributed by atoms with van der Waals surface area (Å²) in [6.45, 7) is 2.57. The fourth-order valence-electron chi connectivity index (χ4n) is 2.01. The second kappa shape index (κ2) is 8.68. The van der Waals surface area contributed by atoms with Gasteiger partial charge in [0, 0.05) is 16.8 Å². The maximum Gasteiger partial charge on any atom is 0.276 e. The van der Waals surface area contributed by atoms with Crippen LogP contribution in [0.15, 0.2) is 39.3 Å². The van der Waals surface area contributed by atoms with E-state index in [0.717, 1.165) is 34.0 Å². The summed E-state index contributed by atoms with van der Waals surface area (Å²) in [5.41, 5.74) is 1.69. The Bertz CT molecular complexity index is 863. The lowest BCUT2D eigenvalue weighted by atomic mass is 10.3. The Labute approximate surface area is 157 Å². The van der Waals surface area contributed by atoms with E-state index in [4.69, 9.17) is 9.15 Å². The third-order valence-corrected chi connectivity index (χ3v) is 4.66. The van der Waals surface area contributed by atoms with Gasteiger partial charge in [-0.15, -0.1) is 21.5 Å². The van der Waals surface area contributed by atoms with Crippen molar-refractivity contribution in [1.82, 2.24) is 15.2 Å². The van der Waals surface area contributed by atoms with Gasteiger partial charge in [0.2, 0.25) is 5.89 Å². The van der Waals surface area contributed by atoms with Crippen LogP contribution >= 0.6 is 23.1 Å². The number of carboxylic acid groups (broad SMARTS) is 1. The predicted molar refractivity (Wildman–Crippen MR) is 95.8 cm³/mol. The molecule has 0 fully saturated rings. The van der Waals surface area contributed by atoms with Gasteiger partial charge in [0.05, 0.1) is 24.7 Å². The highest BCUT2D eigenvalue weighted by Gasteiger charge is 2.10. The summed E-state index contributed by atoms with van der Waals surface area (Å²) in [5, 5.41) is 24.2. The minimum atomic E-state index is -1.18. The molecule has 10 heteroatoms. The van der Waals surface area contributed by atoms with Crippen LogP contribution in [0.1, 0.15) is 18.5 Å². The molecule has 2 heterocycles. The van der Waals surface area contributed by atoms with E-state index in [2.05, 4.69) is 20.5 Å². The van der Waals surface area contributed by atoms with Crippen molar-refractivity contribution in [2.45, 2.75) is 18.6 Å². The SMILES string of the molecule is CCOc1ccc(Nc2nc(Cc3nnc(SCC(=O)[O-])o3)cs2)cc1. The molecule has 1 N–H and O–H groups in total. The zero-order valence-corrected chi connectivity index (χ0v) is 15.4. The molecular formula is C16H15N4O4S2-. The molecule has 3 rings (SSSR count). The van der Waals surface area contributed by atoms with Crippen molar-refractivity contribution >= 4 is 39.9 Å². The van der Waals surface area contributed by atoms with Gasteiger partial charge in [0.25, 0.3) is 5.22 Å². The van der Waals surface area contributed by atoms with Crippen molar-refractivity contribution in [3.05, 3.63) is 41.2 Å². The lowest BCUT2D eigenvalue weighted by Crippen LogP contribution is -2.24. The van der Waals surface area contributed by atoms with Crippen molar-refractivity contribution in [3.63, 3.8) is 0 Å². The second-order valence-electron chi connectivity index (χ2n) is 5.03. The van der Waals surface area contributed by atoms with Gasteiger partial charge in [-0.1, -0.05) is 11.8 Å². The normalized spacial score (nSPS) is 10.7. The number of thioether (sulfide) groups is 1. The van der Waals surface area contributed by atoms with E-state index < -0.39 is 5.97 Å². The van der Waals surface area contributed by atoms with Crippen LogP contribution in [0.25, 0.3) is 0 Å². The van der Waals surface area contributed by atoms with Crippen molar-refractivity contribution in [2.24, 2.45) is 0 Å². The van der Waals surface area contributed by atoms with Gasteiger partial charge < -0.3 is 24.4 Å². The van der Waals surface area contributed by atoms with E-state index in [-0.39, 0.29) is 11.0 Å². The predicted octanol–water partition coefficient (Wildman–Crippen LogP) is 2.10. The highest BCUT2D eigenvalue weighted by atomic mass is 32.2. The highest BCUT2D eigenvalue weighted by Crippen LogP contribution is 2.24. The number of nitrogens with one attached hydrogen (secondary N) is 1. The molecule has 8 nitrogen and oxygen atoms in total. The third kappa shape index (κ3) is 5.20. The van der Waals surface area contributed by atoms with E-state index in [1.54, 1.807) is 0 Å². The van der Waals surface area contributed by atoms with E-state index in [1.165, 1.54) is 11.3 Å². The number of ether oxygens (including phenoxy) is 1. The first kappa shape index (κ1) is 18.2. The number of carbonyl (C=O) groups excluding carboxylic acids is 1. The van der Waals surface area contributed by atoms with Crippen molar-refractivity contribution in [2.75, 3.05) is 17.7 Å². The molecule has 0 spiro atoms. The molecule has 0 aliphatic heterocycles. The zero-order valence-electron chi connectivity index (χ0n) is 13.8. The van der Waals surface area contributed by atoms with Crippen LogP contribution in [-0.4, -0.2) is 33.5 Å². The zero-order chi connectivity index (χ0) is 18.4. The van der Waals surface area contributed by atoms with Crippen molar-refractivity contribution in [3.8, 4) is 5.75 Å². The average molecular weight is 391 g/mol. The first-order chi connectivity index (χ1) is 12.6. The molecule has 0 aliphatic carbocycles. The summed E-state index contributed by atoms with van der Waals surface area (Å²) < 4.78 is 10.8. The van der Waals surface area contributed by atoms with Crippen LogP contribution in [-0.2, 0) is 11.2 Å².